The Labute approximate surface area is 126 Å². The van der Waals surface area contributed by atoms with Crippen LogP contribution in [0.5, 0.6) is 0 Å². The number of nitrogens with two attached hydrogens (primary N) is 1. The van der Waals surface area contributed by atoms with E-state index < -0.39 is 0 Å². The Kier molecular flexibility index (Phi) is 5.42. The van der Waals surface area contributed by atoms with E-state index in [2.05, 4.69) is 22.1 Å². The van der Waals surface area contributed by atoms with E-state index in [0.29, 0.717) is 23.1 Å². The van der Waals surface area contributed by atoms with Gasteiger partial charge in [0.05, 0.1) is 19.4 Å². The monoisotopic (exact) mass is 306 g/mol. The van der Waals surface area contributed by atoms with E-state index in [0.717, 1.165) is 5.56 Å². The molecule has 0 fully saturated rings. The van der Waals surface area contributed by atoms with Crippen LogP contribution in [0.25, 0.3) is 0 Å². The molecule has 0 unspecified atom stereocenters. The number of nitrogens with one attached hydrogen (secondary N) is 1. The molecule has 1 aromatic heterocycles. The van der Waals surface area contributed by atoms with Crippen LogP contribution in [0.3, 0.4) is 0 Å². The molecule has 2 rings (SSSR count). The molecule has 110 valence electrons. The number of nitrogen functional groups attached to an aromatic ring is 1. The number of halogens is 1. The zero-order valence-electron chi connectivity index (χ0n) is 11.3. The number of anilines is 2. The minimum atomic E-state index is -0.315. The first-order valence-electron chi connectivity index (χ1n) is 6.16. The smallest absolute Gasteiger partial charge is 0.205 e. The SMILES string of the molecule is C=CCOCc1cc(F)ccc1C=NNc1nc(N)cs1. The molecule has 7 heteroatoms. The van der Waals surface area contributed by atoms with Crippen LogP contribution in [0.1, 0.15) is 11.1 Å². The van der Waals surface area contributed by atoms with Gasteiger partial charge in [-0.2, -0.15) is 5.10 Å². The van der Waals surface area contributed by atoms with E-state index in [-0.39, 0.29) is 12.4 Å². The zero-order valence-corrected chi connectivity index (χ0v) is 12.1. The standard InChI is InChI=1S/C14H15FN4OS/c1-2-5-20-8-11-6-12(15)4-3-10(11)7-17-19-14-18-13(16)9-21-14/h2-4,6-7,9H,1,5,8,16H2,(H,18,19). The quantitative estimate of drug-likeness (QED) is 0.357. The van der Waals surface area contributed by atoms with Gasteiger partial charge in [0, 0.05) is 10.9 Å². The minimum absolute atomic E-state index is 0.287. The molecule has 0 saturated heterocycles. The molecule has 1 aromatic carbocycles. The third kappa shape index (κ3) is 4.66. The number of hydrogen-bond donors (Lipinski definition) is 2. The van der Waals surface area contributed by atoms with Crippen LogP contribution in [0.15, 0.2) is 41.3 Å². The van der Waals surface area contributed by atoms with Gasteiger partial charge < -0.3 is 10.5 Å². The Hall–Kier alpha value is -2.25. The van der Waals surface area contributed by atoms with Crippen molar-refractivity contribution in [2.75, 3.05) is 17.8 Å². The summed E-state index contributed by atoms with van der Waals surface area (Å²) in [4.78, 5) is 4.01. The summed E-state index contributed by atoms with van der Waals surface area (Å²) in [6, 6.07) is 4.44. The van der Waals surface area contributed by atoms with E-state index in [1.54, 1.807) is 23.7 Å². The summed E-state index contributed by atoms with van der Waals surface area (Å²) in [5.41, 5.74) is 9.75. The number of hydrazone groups is 1. The molecular formula is C14H15FN4OS. The van der Waals surface area contributed by atoms with Crippen molar-refractivity contribution < 1.29 is 9.13 Å². The lowest BCUT2D eigenvalue weighted by molar-refractivity contribution is 0.148. The number of hydrogen-bond acceptors (Lipinski definition) is 6. The molecule has 0 radical (unpaired) electrons. The highest BCUT2D eigenvalue weighted by molar-refractivity contribution is 7.14. The lowest BCUT2D eigenvalue weighted by atomic mass is 10.1. The molecule has 3 N–H and O–H groups in total. The summed E-state index contributed by atoms with van der Waals surface area (Å²) in [5.74, 6) is 0.128. The van der Waals surface area contributed by atoms with E-state index in [1.807, 2.05) is 0 Å². The van der Waals surface area contributed by atoms with E-state index >= 15 is 0 Å². The highest BCUT2D eigenvalue weighted by Gasteiger charge is 2.03. The molecule has 0 aliphatic heterocycles. The van der Waals surface area contributed by atoms with Crippen molar-refractivity contribution in [3.8, 4) is 0 Å². The average molecular weight is 306 g/mol. The lowest BCUT2D eigenvalue weighted by Gasteiger charge is -2.06. The zero-order chi connectivity index (χ0) is 15.1. The molecule has 0 spiro atoms. The number of benzene rings is 1. The molecule has 0 aliphatic rings. The molecule has 0 atom stereocenters. The summed E-state index contributed by atoms with van der Waals surface area (Å²) in [5, 5.41) is 6.37. The Bertz CT molecular complexity index is 642. The molecule has 1 heterocycles. The Morgan fingerprint density at radius 1 is 1.52 bits per heavy atom. The van der Waals surface area contributed by atoms with Crippen LogP contribution < -0.4 is 11.2 Å². The lowest BCUT2D eigenvalue weighted by Crippen LogP contribution is -2.00. The number of aromatic nitrogens is 1. The van der Waals surface area contributed by atoms with Crippen molar-refractivity contribution in [1.82, 2.24) is 4.98 Å². The molecule has 0 amide bonds. The Morgan fingerprint density at radius 3 is 3.10 bits per heavy atom. The molecule has 0 bridgehead atoms. The van der Waals surface area contributed by atoms with Gasteiger partial charge in [0.2, 0.25) is 5.13 Å². The molecular weight excluding hydrogens is 291 g/mol. The van der Waals surface area contributed by atoms with Gasteiger partial charge >= 0.3 is 0 Å². The van der Waals surface area contributed by atoms with E-state index in [9.17, 15) is 4.39 Å². The van der Waals surface area contributed by atoms with Gasteiger partial charge in [0.1, 0.15) is 11.6 Å². The van der Waals surface area contributed by atoms with Crippen molar-refractivity contribution in [3.05, 3.63) is 53.2 Å². The first-order valence-corrected chi connectivity index (χ1v) is 7.04. The summed E-state index contributed by atoms with van der Waals surface area (Å²) < 4.78 is 18.6. The molecule has 2 aromatic rings. The van der Waals surface area contributed by atoms with Crippen LogP contribution in [0, 0.1) is 5.82 Å². The molecule has 0 aliphatic carbocycles. The fraction of sp³-hybridized carbons (Fsp3) is 0.143. The predicted octanol–water partition coefficient (Wildman–Crippen LogP) is 3.01. The van der Waals surface area contributed by atoms with Crippen LogP contribution in [-0.4, -0.2) is 17.8 Å². The summed E-state index contributed by atoms with van der Waals surface area (Å²) >= 11 is 1.35. The summed E-state index contributed by atoms with van der Waals surface area (Å²) in [6.07, 6.45) is 3.23. The van der Waals surface area contributed by atoms with Crippen molar-refractivity contribution in [2.24, 2.45) is 5.10 Å². The second kappa shape index (κ2) is 7.51. The first-order chi connectivity index (χ1) is 10.2. The summed E-state index contributed by atoms with van der Waals surface area (Å²) in [7, 11) is 0. The molecule has 5 nitrogen and oxygen atoms in total. The Morgan fingerprint density at radius 2 is 2.38 bits per heavy atom. The topological polar surface area (TPSA) is 72.5 Å². The number of ether oxygens (including phenoxy) is 1. The van der Waals surface area contributed by atoms with Crippen LogP contribution >= 0.6 is 11.3 Å². The predicted molar refractivity (Wildman–Crippen MR) is 84.0 cm³/mol. The van der Waals surface area contributed by atoms with E-state index in [1.165, 1.54) is 23.5 Å². The highest BCUT2D eigenvalue weighted by Crippen LogP contribution is 2.16. The van der Waals surface area contributed by atoms with Crippen molar-refractivity contribution in [2.45, 2.75) is 6.61 Å². The van der Waals surface area contributed by atoms with Gasteiger partial charge in [0.25, 0.3) is 0 Å². The second-order valence-electron chi connectivity index (χ2n) is 4.09. The number of rotatable bonds is 7. The van der Waals surface area contributed by atoms with Gasteiger partial charge in [-0.1, -0.05) is 12.1 Å². The van der Waals surface area contributed by atoms with E-state index in [4.69, 9.17) is 10.5 Å². The van der Waals surface area contributed by atoms with Crippen molar-refractivity contribution >= 4 is 28.5 Å². The fourth-order valence-corrected chi connectivity index (χ4v) is 2.12. The highest BCUT2D eigenvalue weighted by atomic mass is 32.1. The number of thiazole rings is 1. The van der Waals surface area contributed by atoms with Gasteiger partial charge in [-0.05, 0) is 17.7 Å². The van der Waals surface area contributed by atoms with Gasteiger partial charge in [-0.15, -0.1) is 17.9 Å². The van der Waals surface area contributed by atoms with Gasteiger partial charge in [0.15, 0.2) is 0 Å². The third-order valence-electron chi connectivity index (χ3n) is 2.48. The first kappa shape index (κ1) is 15.1. The summed E-state index contributed by atoms with van der Waals surface area (Å²) in [6.45, 7) is 4.26. The van der Waals surface area contributed by atoms with Gasteiger partial charge in [-0.25, -0.2) is 9.37 Å². The average Bonchev–Trinajstić information content (AvgIpc) is 2.87. The largest absolute Gasteiger partial charge is 0.383 e. The maximum absolute atomic E-state index is 13.3. The molecule has 0 saturated carbocycles. The maximum atomic E-state index is 13.3. The number of nitrogens with zero attached hydrogens (tertiary/aromatic N) is 2. The maximum Gasteiger partial charge on any atom is 0.205 e. The van der Waals surface area contributed by atoms with Crippen molar-refractivity contribution in [3.63, 3.8) is 0 Å². The third-order valence-corrected chi connectivity index (χ3v) is 3.25. The van der Waals surface area contributed by atoms with Crippen LogP contribution in [0.2, 0.25) is 0 Å². The fourth-order valence-electron chi connectivity index (χ4n) is 1.57. The van der Waals surface area contributed by atoms with Gasteiger partial charge in [-0.3, -0.25) is 5.43 Å². The molecule has 21 heavy (non-hydrogen) atoms. The van der Waals surface area contributed by atoms with Crippen molar-refractivity contribution in [1.29, 1.82) is 0 Å². The normalized spacial score (nSPS) is 10.9. The van der Waals surface area contributed by atoms with Crippen LogP contribution in [-0.2, 0) is 11.3 Å². The second-order valence-corrected chi connectivity index (χ2v) is 4.95. The van der Waals surface area contributed by atoms with Crippen LogP contribution in [0.4, 0.5) is 15.3 Å². The Balaban J connectivity index is 2.05. The minimum Gasteiger partial charge on any atom is -0.383 e.